The lowest BCUT2D eigenvalue weighted by atomic mass is 9.95. The standard InChI is InChI=1S/C18H30N2/c1-6-16-13-17(7-8-18(16)14(2)3)20-11-9-19(10-12-20)15(4)5/h7-8,13-15H,6,9-12H2,1-5H3. The van der Waals surface area contributed by atoms with Gasteiger partial charge in [-0.2, -0.15) is 0 Å². The number of piperazine rings is 1. The van der Waals surface area contributed by atoms with Crippen molar-refractivity contribution in [1.29, 1.82) is 0 Å². The fourth-order valence-electron chi connectivity index (χ4n) is 3.15. The molecule has 0 saturated carbocycles. The van der Waals surface area contributed by atoms with Gasteiger partial charge in [-0.25, -0.2) is 0 Å². The second-order valence-electron chi connectivity index (χ2n) is 6.51. The number of hydrogen-bond acceptors (Lipinski definition) is 2. The lowest BCUT2D eigenvalue weighted by Gasteiger charge is -2.38. The predicted molar refractivity (Wildman–Crippen MR) is 88.8 cm³/mol. The first kappa shape index (κ1) is 15.4. The monoisotopic (exact) mass is 274 g/mol. The normalized spacial score (nSPS) is 17.2. The van der Waals surface area contributed by atoms with E-state index in [0.29, 0.717) is 12.0 Å². The first-order valence-electron chi connectivity index (χ1n) is 8.14. The van der Waals surface area contributed by atoms with E-state index in [0.717, 1.165) is 19.5 Å². The van der Waals surface area contributed by atoms with Crippen molar-refractivity contribution in [3.05, 3.63) is 29.3 Å². The van der Waals surface area contributed by atoms with Crippen LogP contribution in [0.4, 0.5) is 5.69 Å². The molecule has 1 aliphatic heterocycles. The molecule has 0 aliphatic carbocycles. The summed E-state index contributed by atoms with van der Waals surface area (Å²) >= 11 is 0. The molecule has 1 aromatic carbocycles. The second kappa shape index (κ2) is 6.62. The Kier molecular flexibility index (Phi) is 5.09. The van der Waals surface area contributed by atoms with E-state index in [2.05, 4.69) is 62.6 Å². The fourth-order valence-corrected chi connectivity index (χ4v) is 3.15. The molecule has 2 nitrogen and oxygen atoms in total. The zero-order valence-corrected chi connectivity index (χ0v) is 13.8. The van der Waals surface area contributed by atoms with Crippen molar-refractivity contribution in [2.24, 2.45) is 0 Å². The van der Waals surface area contributed by atoms with Crippen LogP contribution in [-0.4, -0.2) is 37.1 Å². The first-order valence-corrected chi connectivity index (χ1v) is 8.14. The summed E-state index contributed by atoms with van der Waals surface area (Å²) < 4.78 is 0. The van der Waals surface area contributed by atoms with Gasteiger partial charge < -0.3 is 4.90 Å². The van der Waals surface area contributed by atoms with Gasteiger partial charge in [0.05, 0.1) is 0 Å². The largest absolute Gasteiger partial charge is 0.369 e. The van der Waals surface area contributed by atoms with Crippen LogP contribution in [0.3, 0.4) is 0 Å². The lowest BCUT2D eigenvalue weighted by molar-refractivity contribution is 0.209. The average molecular weight is 274 g/mol. The molecule has 0 N–H and O–H groups in total. The molecule has 2 rings (SSSR count). The summed E-state index contributed by atoms with van der Waals surface area (Å²) in [5.74, 6) is 0.622. The van der Waals surface area contributed by atoms with Crippen LogP contribution in [0.5, 0.6) is 0 Å². The summed E-state index contributed by atoms with van der Waals surface area (Å²) in [5.41, 5.74) is 4.44. The summed E-state index contributed by atoms with van der Waals surface area (Å²) in [7, 11) is 0. The predicted octanol–water partition coefficient (Wildman–Crippen LogP) is 3.90. The number of aryl methyl sites for hydroxylation is 1. The van der Waals surface area contributed by atoms with Crippen LogP contribution >= 0.6 is 0 Å². The molecule has 0 spiro atoms. The van der Waals surface area contributed by atoms with Crippen molar-refractivity contribution in [1.82, 2.24) is 4.90 Å². The Morgan fingerprint density at radius 2 is 1.65 bits per heavy atom. The van der Waals surface area contributed by atoms with Crippen LogP contribution in [0.2, 0.25) is 0 Å². The summed E-state index contributed by atoms with van der Waals surface area (Å²) in [6, 6.07) is 7.75. The number of benzene rings is 1. The van der Waals surface area contributed by atoms with Gasteiger partial charge in [0.25, 0.3) is 0 Å². The summed E-state index contributed by atoms with van der Waals surface area (Å²) in [4.78, 5) is 5.11. The molecule has 1 fully saturated rings. The van der Waals surface area contributed by atoms with E-state index < -0.39 is 0 Å². The molecule has 1 aromatic rings. The molecule has 1 heterocycles. The van der Waals surface area contributed by atoms with E-state index in [9.17, 15) is 0 Å². The Labute approximate surface area is 124 Å². The topological polar surface area (TPSA) is 6.48 Å². The quantitative estimate of drug-likeness (QED) is 0.821. The van der Waals surface area contributed by atoms with Crippen LogP contribution in [0.25, 0.3) is 0 Å². The highest BCUT2D eigenvalue weighted by molar-refractivity contribution is 5.52. The molecule has 0 amide bonds. The van der Waals surface area contributed by atoms with Gasteiger partial charge in [-0.1, -0.05) is 26.8 Å². The third-order valence-corrected chi connectivity index (χ3v) is 4.54. The van der Waals surface area contributed by atoms with Gasteiger partial charge in [-0.3, -0.25) is 4.90 Å². The van der Waals surface area contributed by atoms with Crippen molar-refractivity contribution in [3.8, 4) is 0 Å². The zero-order valence-electron chi connectivity index (χ0n) is 13.8. The van der Waals surface area contributed by atoms with Gasteiger partial charge in [0.2, 0.25) is 0 Å². The molecular formula is C18H30N2. The Morgan fingerprint density at radius 1 is 1.00 bits per heavy atom. The van der Waals surface area contributed by atoms with Crippen LogP contribution < -0.4 is 4.90 Å². The van der Waals surface area contributed by atoms with E-state index in [1.165, 1.54) is 29.9 Å². The van der Waals surface area contributed by atoms with Gasteiger partial charge in [-0.15, -0.1) is 0 Å². The molecule has 1 saturated heterocycles. The van der Waals surface area contributed by atoms with Gasteiger partial charge >= 0.3 is 0 Å². The van der Waals surface area contributed by atoms with Crippen molar-refractivity contribution in [2.75, 3.05) is 31.1 Å². The molecule has 112 valence electrons. The summed E-state index contributed by atoms with van der Waals surface area (Å²) in [5, 5.41) is 0. The third kappa shape index (κ3) is 3.35. The van der Waals surface area contributed by atoms with Crippen LogP contribution in [0.15, 0.2) is 18.2 Å². The van der Waals surface area contributed by atoms with E-state index >= 15 is 0 Å². The van der Waals surface area contributed by atoms with E-state index in [4.69, 9.17) is 0 Å². The third-order valence-electron chi connectivity index (χ3n) is 4.54. The minimum atomic E-state index is 0.622. The van der Waals surface area contributed by atoms with Gasteiger partial charge in [0.15, 0.2) is 0 Å². The van der Waals surface area contributed by atoms with Crippen molar-refractivity contribution < 1.29 is 0 Å². The molecule has 0 bridgehead atoms. The Bertz CT molecular complexity index is 429. The molecule has 20 heavy (non-hydrogen) atoms. The van der Waals surface area contributed by atoms with Crippen molar-refractivity contribution in [3.63, 3.8) is 0 Å². The van der Waals surface area contributed by atoms with E-state index in [-0.39, 0.29) is 0 Å². The highest BCUT2D eigenvalue weighted by Crippen LogP contribution is 2.26. The molecule has 1 aliphatic rings. The van der Waals surface area contributed by atoms with Crippen LogP contribution in [-0.2, 0) is 6.42 Å². The second-order valence-corrected chi connectivity index (χ2v) is 6.51. The fraction of sp³-hybridized carbons (Fsp3) is 0.667. The minimum Gasteiger partial charge on any atom is -0.369 e. The molecule has 0 aromatic heterocycles. The smallest absolute Gasteiger partial charge is 0.0370 e. The minimum absolute atomic E-state index is 0.622. The van der Waals surface area contributed by atoms with E-state index in [1.54, 1.807) is 0 Å². The maximum atomic E-state index is 2.57. The summed E-state index contributed by atoms with van der Waals surface area (Å²) in [6.45, 7) is 16.1. The van der Waals surface area contributed by atoms with Crippen LogP contribution in [0.1, 0.15) is 51.7 Å². The Morgan fingerprint density at radius 3 is 2.15 bits per heavy atom. The molecule has 0 atom stereocenters. The average Bonchev–Trinajstić information content (AvgIpc) is 2.46. The SMILES string of the molecule is CCc1cc(N2CCN(C(C)C)CC2)ccc1C(C)C. The maximum Gasteiger partial charge on any atom is 0.0370 e. The van der Waals surface area contributed by atoms with E-state index in [1.807, 2.05) is 0 Å². The number of nitrogens with zero attached hydrogens (tertiary/aromatic N) is 2. The Balaban J connectivity index is 2.10. The van der Waals surface area contributed by atoms with Gasteiger partial charge in [-0.05, 0) is 49.4 Å². The number of hydrogen-bond donors (Lipinski definition) is 0. The lowest BCUT2D eigenvalue weighted by Crippen LogP contribution is -2.48. The Hall–Kier alpha value is -1.02. The number of rotatable bonds is 4. The van der Waals surface area contributed by atoms with Crippen molar-refractivity contribution in [2.45, 2.75) is 53.0 Å². The molecular weight excluding hydrogens is 244 g/mol. The molecule has 2 heteroatoms. The maximum absolute atomic E-state index is 2.57. The number of anilines is 1. The summed E-state index contributed by atoms with van der Waals surface area (Å²) in [6.07, 6.45) is 1.13. The molecule has 0 unspecified atom stereocenters. The van der Waals surface area contributed by atoms with Crippen molar-refractivity contribution >= 4 is 5.69 Å². The molecule has 0 radical (unpaired) electrons. The van der Waals surface area contributed by atoms with Gasteiger partial charge in [0, 0.05) is 37.9 Å². The van der Waals surface area contributed by atoms with Crippen LogP contribution in [0, 0.1) is 0 Å². The van der Waals surface area contributed by atoms with Gasteiger partial charge in [0.1, 0.15) is 0 Å². The zero-order chi connectivity index (χ0) is 14.7. The highest BCUT2D eigenvalue weighted by atomic mass is 15.3. The first-order chi connectivity index (χ1) is 9.52. The highest BCUT2D eigenvalue weighted by Gasteiger charge is 2.19.